The minimum absolute atomic E-state index is 0.0558. The topological polar surface area (TPSA) is 35.5 Å². The highest BCUT2D eigenvalue weighted by Crippen LogP contribution is 2.41. The molecule has 2 fully saturated rings. The van der Waals surface area contributed by atoms with Gasteiger partial charge in [0.1, 0.15) is 0 Å². The Balaban J connectivity index is 2.07. The van der Waals surface area contributed by atoms with Crippen molar-refractivity contribution in [3.63, 3.8) is 0 Å². The number of aliphatic hydroxyl groups excluding tert-OH is 1. The lowest BCUT2D eigenvalue weighted by Gasteiger charge is -2.46. The van der Waals surface area contributed by atoms with Crippen LogP contribution in [0.1, 0.15) is 47.0 Å². The molecule has 0 amide bonds. The maximum atomic E-state index is 9.98. The second-order valence-electron chi connectivity index (χ2n) is 7.11. The van der Waals surface area contributed by atoms with E-state index in [0.717, 1.165) is 24.9 Å². The highest BCUT2D eigenvalue weighted by molar-refractivity contribution is 5.04. The monoisotopic (exact) mass is 268 g/mol. The Morgan fingerprint density at radius 1 is 1.26 bits per heavy atom. The number of nitrogens with one attached hydrogen (secondary N) is 1. The fraction of sp³-hybridized carbons (Fsp3) is 1.00. The third kappa shape index (κ3) is 3.32. The largest absolute Gasteiger partial charge is 0.394 e. The van der Waals surface area contributed by atoms with Gasteiger partial charge < -0.3 is 10.4 Å². The number of likely N-dealkylation sites (N-methyl/N-ethyl adjacent to an activating group) is 1. The molecule has 19 heavy (non-hydrogen) atoms. The number of nitrogens with zero attached hydrogens (tertiary/aromatic N) is 1. The molecule has 0 radical (unpaired) electrons. The smallest absolute Gasteiger partial charge is 0.0628 e. The summed E-state index contributed by atoms with van der Waals surface area (Å²) < 4.78 is 0. The first-order valence-electron chi connectivity index (χ1n) is 8.12. The quantitative estimate of drug-likeness (QED) is 0.774. The molecule has 0 aromatic heterocycles. The number of piperidine rings is 1. The van der Waals surface area contributed by atoms with Crippen molar-refractivity contribution in [2.24, 2.45) is 17.8 Å². The Kier molecular flexibility index (Phi) is 4.91. The molecular formula is C16H32N2O. The molecule has 1 aliphatic carbocycles. The first-order valence-corrected chi connectivity index (χ1v) is 8.12. The first kappa shape index (κ1) is 15.3. The van der Waals surface area contributed by atoms with Crippen molar-refractivity contribution in [1.82, 2.24) is 10.2 Å². The van der Waals surface area contributed by atoms with Gasteiger partial charge in [0.25, 0.3) is 0 Å². The van der Waals surface area contributed by atoms with E-state index in [9.17, 15) is 5.11 Å². The van der Waals surface area contributed by atoms with Gasteiger partial charge >= 0.3 is 0 Å². The molecule has 2 rings (SSSR count). The van der Waals surface area contributed by atoms with Crippen LogP contribution in [0, 0.1) is 17.8 Å². The van der Waals surface area contributed by atoms with Crippen LogP contribution in [0.3, 0.4) is 0 Å². The summed E-state index contributed by atoms with van der Waals surface area (Å²) in [5.74, 6) is 2.22. The first-order chi connectivity index (χ1) is 9.02. The lowest BCUT2D eigenvalue weighted by atomic mass is 9.83. The maximum absolute atomic E-state index is 9.98. The second kappa shape index (κ2) is 6.11. The van der Waals surface area contributed by atoms with Gasteiger partial charge in [0.05, 0.1) is 12.1 Å². The summed E-state index contributed by atoms with van der Waals surface area (Å²) >= 11 is 0. The van der Waals surface area contributed by atoms with Crippen LogP contribution in [0.5, 0.6) is 0 Å². The van der Waals surface area contributed by atoms with E-state index in [0.29, 0.717) is 12.0 Å². The van der Waals surface area contributed by atoms with Crippen molar-refractivity contribution in [1.29, 1.82) is 0 Å². The lowest BCUT2D eigenvalue weighted by molar-refractivity contribution is 0.0238. The predicted molar refractivity (Wildman–Crippen MR) is 80.2 cm³/mol. The highest BCUT2D eigenvalue weighted by atomic mass is 16.3. The Hall–Kier alpha value is -0.120. The van der Waals surface area contributed by atoms with Crippen molar-refractivity contribution in [3.8, 4) is 0 Å². The van der Waals surface area contributed by atoms with Crippen molar-refractivity contribution in [2.75, 3.05) is 26.2 Å². The maximum Gasteiger partial charge on any atom is 0.0628 e. The van der Waals surface area contributed by atoms with Crippen LogP contribution in [0.4, 0.5) is 0 Å². The molecule has 3 nitrogen and oxygen atoms in total. The highest BCUT2D eigenvalue weighted by Gasteiger charge is 2.46. The SMILES string of the molecule is CCNC(CO)(CN1CC(C)CC(C)C1C)C1CC1. The molecule has 4 unspecified atom stereocenters. The number of likely N-dealkylation sites (tertiary alicyclic amines) is 1. The molecule has 0 spiro atoms. The number of hydrogen-bond donors (Lipinski definition) is 2. The van der Waals surface area contributed by atoms with E-state index >= 15 is 0 Å². The third-order valence-electron chi connectivity index (χ3n) is 5.37. The summed E-state index contributed by atoms with van der Waals surface area (Å²) in [4.78, 5) is 2.62. The van der Waals surface area contributed by atoms with Gasteiger partial charge in [-0.25, -0.2) is 0 Å². The zero-order valence-corrected chi connectivity index (χ0v) is 13.2. The van der Waals surface area contributed by atoms with E-state index < -0.39 is 0 Å². The van der Waals surface area contributed by atoms with E-state index in [4.69, 9.17) is 0 Å². The van der Waals surface area contributed by atoms with Crippen LogP contribution in [0.25, 0.3) is 0 Å². The van der Waals surface area contributed by atoms with Crippen molar-refractivity contribution < 1.29 is 5.11 Å². The zero-order chi connectivity index (χ0) is 14.0. The predicted octanol–water partition coefficient (Wildman–Crippen LogP) is 2.10. The fourth-order valence-electron chi connectivity index (χ4n) is 3.96. The van der Waals surface area contributed by atoms with Gasteiger partial charge in [-0.05, 0) is 50.5 Å². The Labute approximate surface area is 118 Å². The van der Waals surface area contributed by atoms with Crippen molar-refractivity contribution >= 4 is 0 Å². The van der Waals surface area contributed by atoms with Crippen LogP contribution in [0.15, 0.2) is 0 Å². The lowest BCUT2D eigenvalue weighted by Crippen LogP contribution is -2.61. The van der Waals surface area contributed by atoms with Gasteiger partial charge in [-0.3, -0.25) is 4.90 Å². The summed E-state index contributed by atoms with van der Waals surface area (Å²) in [6.45, 7) is 12.7. The molecule has 1 heterocycles. The van der Waals surface area contributed by atoms with Crippen LogP contribution in [-0.2, 0) is 0 Å². The van der Waals surface area contributed by atoms with Crippen LogP contribution in [-0.4, -0.2) is 47.8 Å². The molecule has 2 aliphatic rings. The fourth-order valence-corrected chi connectivity index (χ4v) is 3.96. The summed E-state index contributed by atoms with van der Waals surface area (Å²) in [6.07, 6.45) is 3.90. The van der Waals surface area contributed by atoms with Gasteiger partial charge in [0, 0.05) is 19.1 Å². The molecule has 3 heteroatoms. The average molecular weight is 268 g/mol. The van der Waals surface area contributed by atoms with Crippen molar-refractivity contribution in [2.45, 2.75) is 58.5 Å². The van der Waals surface area contributed by atoms with E-state index in [1.807, 2.05) is 0 Å². The minimum Gasteiger partial charge on any atom is -0.394 e. The zero-order valence-electron chi connectivity index (χ0n) is 13.2. The van der Waals surface area contributed by atoms with Gasteiger partial charge in [-0.15, -0.1) is 0 Å². The average Bonchev–Trinajstić information content (AvgIpc) is 3.19. The van der Waals surface area contributed by atoms with E-state index in [1.54, 1.807) is 0 Å². The van der Waals surface area contributed by atoms with Crippen LogP contribution < -0.4 is 5.32 Å². The standard InChI is InChI=1S/C16H32N2O/c1-5-17-16(11-19,15-6-7-15)10-18-9-12(2)8-13(3)14(18)4/h12-15,17,19H,5-11H2,1-4H3. The van der Waals surface area contributed by atoms with E-state index in [2.05, 4.69) is 37.9 Å². The van der Waals surface area contributed by atoms with Crippen molar-refractivity contribution in [3.05, 3.63) is 0 Å². The Morgan fingerprint density at radius 2 is 1.95 bits per heavy atom. The Bertz CT molecular complexity index is 292. The van der Waals surface area contributed by atoms with Gasteiger partial charge in [-0.1, -0.05) is 20.8 Å². The summed E-state index contributed by atoms with van der Waals surface area (Å²) in [5, 5.41) is 13.6. The molecule has 0 aromatic carbocycles. The summed E-state index contributed by atoms with van der Waals surface area (Å²) in [7, 11) is 0. The van der Waals surface area contributed by atoms with E-state index in [1.165, 1.54) is 25.8 Å². The normalized spacial score (nSPS) is 36.2. The molecule has 2 N–H and O–H groups in total. The number of hydrogen-bond acceptors (Lipinski definition) is 3. The molecule has 0 bridgehead atoms. The number of aliphatic hydroxyl groups is 1. The molecule has 1 saturated carbocycles. The summed E-state index contributed by atoms with van der Waals surface area (Å²) in [6, 6.07) is 0.638. The summed E-state index contributed by atoms with van der Waals surface area (Å²) in [5.41, 5.74) is -0.0558. The molecule has 0 aromatic rings. The molecule has 112 valence electrons. The minimum atomic E-state index is -0.0558. The third-order valence-corrected chi connectivity index (χ3v) is 5.37. The molecule has 1 aliphatic heterocycles. The molecule has 1 saturated heterocycles. The van der Waals surface area contributed by atoms with Gasteiger partial charge in [0.15, 0.2) is 0 Å². The van der Waals surface area contributed by atoms with Crippen LogP contribution >= 0.6 is 0 Å². The molecule has 4 atom stereocenters. The Morgan fingerprint density at radius 3 is 2.47 bits per heavy atom. The van der Waals surface area contributed by atoms with E-state index in [-0.39, 0.29) is 12.1 Å². The number of rotatable bonds is 6. The van der Waals surface area contributed by atoms with Gasteiger partial charge in [0.2, 0.25) is 0 Å². The second-order valence-corrected chi connectivity index (χ2v) is 7.11. The van der Waals surface area contributed by atoms with Crippen LogP contribution in [0.2, 0.25) is 0 Å². The molecular weight excluding hydrogens is 236 g/mol. The van der Waals surface area contributed by atoms with Gasteiger partial charge in [-0.2, -0.15) is 0 Å².